The van der Waals surface area contributed by atoms with Crippen molar-refractivity contribution in [2.24, 2.45) is 0 Å². The Hall–Kier alpha value is -2.35. The van der Waals surface area contributed by atoms with Crippen LogP contribution in [0.25, 0.3) is 0 Å². The number of fused-ring (bicyclic) bond motifs is 2. The Balaban J connectivity index is 0.000000171. The van der Waals surface area contributed by atoms with Crippen molar-refractivity contribution in [3.05, 3.63) is 69.8 Å². The maximum absolute atomic E-state index is 12.6. The van der Waals surface area contributed by atoms with E-state index in [0.717, 1.165) is 12.1 Å². The lowest BCUT2D eigenvalue weighted by Crippen LogP contribution is -2.17. The van der Waals surface area contributed by atoms with Crippen LogP contribution >= 0.6 is 0 Å². The van der Waals surface area contributed by atoms with E-state index in [9.17, 15) is 36.2 Å². The highest BCUT2D eigenvalue weighted by Gasteiger charge is 2.36. The molecule has 0 saturated carbocycles. The van der Waals surface area contributed by atoms with E-state index in [1.165, 1.54) is 18.2 Å². The van der Waals surface area contributed by atoms with Gasteiger partial charge in [-0.2, -0.15) is 26.3 Å². The molecule has 0 saturated heterocycles. The molecule has 2 aromatic rings. The number of ketones is 1. The van der Waals surface area contributed by atoms with Crippen LogP contribution in [0.3, 0.4) is 0 Å². The molecule has 162 valence electrons. The maximum Gasteiger partial charge on any atom is 0.416 e. The largest absolute Gasteiger partial charge is 0.416 e. The van der Waals surface area contributed by atoms with Gasteiger partial charge in [-0.3, -0.25) is 4.79 Å². The fraction of sp³-hybridized carbons (Fsp3) is 0.409. The first kappa shape index (κ1) is 22.3. The maximum atomic E-state index is 12.6. The van der Waals surface area contributed by atoms with E-state index in [1.807, 2.05) is 0 Å². The van der Waals surface area contributed by atoms with Crippen LogP contribution in [0.5, 0.6) is 0 Å². The summed E-state index contributed by atoms with van der Waals surface area (Å²) in [6, 6.07) is 7.83. The van der Waals surface area contributed by atoms with Gasteiger partial charge in [-0.15, -0.1) is 0 Å². The molecule has 0 fully saturated rings. The molecule has 30 heavy (non-hydrogen) atoms. The number of hydrogen-bond acceptors (Lipinski definition) is 2. The summed E-state index contributed by atoms with van der Waals surface area (Å²) in [6.07, 6.45) is -6.64. The third kappa shape index (κ3) is 4.69. The van der Waals surface area contributed by atoms with Gasteiger partial charge in [-0.1, -0.05) is 24.3 Å². The van der Waals surface area contributed by atoms with Crippen LogP contribution in [0.4, 0.5) is 26.3 Å². The van der Waals surface area contributed by atoms with E-state index in [2.05, 4.69) is 0 Å². The molecule has 0 spiro atoms. The van der Waals surface area contributed by atoms with E-state index in [1.54, 1.807) is 6.07 Å². The van der Waals surface area contributed by atoms with Gasteiger partial charge in [0.05, 0.1) is 17.2 Å². The van der Waals surface area contributed by atoms with Crippen molar-refractivity contribution >= 4 is 5.78 Å². The van der Waals surface area contributed by atoms with Gasteiger partial charge in [0.2, 0.25) is 0 Å². The van der Waals surface area contributed by atoms with Gasteiger partial charge in [0.15, 0.2) is 5.78 Å². The summed E-state index contributed by atoms with van der Waals surface area (Å²) in [5.41, 5.74) is -0.135. The normalized spacial score (nSPS) is 18.8. The van der Waals surface area contributed by atoms with Gasteiger partial charge in [-0.25, -0.2) is 0 Å². The minimum atomic E-state index is -4.36. The molecular weight excluding hydrogens is 410 g/mol. The van der Waals surface area contributed by atoms with Crippen LogP contribution in [-0.2, 0) is 25.2 Å². The topological polar surface area (TPSA) is 37.3 Å². The molecule has 2 nitrogen and oxygen atoms in total. The summed E-state index contributed by atoms with van der Waals surface area (Å²) in [4.78, 5) is 11.4. The van der Waals surface area contributed by atoms with Crippen molar-refractivity contribution in [2.75, 3.05) is 0 Å². The van der Waals surface area contributed by atoms with Crippen LogP contribution in [-0.4, -0.2) is 10.9 Å². The number of aliphatic hydroxyl groups excluding tert-OH is 1. The molecule has 0 radical (unpaired) electrons. The number of hydrogen-bond donors (Lipinski definition) is 1. The zero-order valence-electron chi connectivity index (χ0n) is 15.9. The molecule has 8 heteroatoms. The summed E-state index contributed by atoms with van der Waals surface area (Å²) in [7, 11) is 0. The summed E-state index contributed by atoms with van der Waals surface area (Å²) >= 11 is 0. The van der Waals surface area contributed by atoms with Crippen molar-refractivity contribution in [3.63, 3.8) is 0 Å². The van der Waals surface area contributed by atoms with Gasteiger partial charge in [0.1, 0.15) is 0 Å². The molecule has 2 aliphatic rings. The number of Topliss-reactive ketones (excluding diaryl/α,β-unsaturated/α-hetero) is 1. The van der Waals surface area contributed by atoms with Crippen LogP contribution in [0, 0.1) is 0 Å². The van der Waals surface area contributed by atoms with Gasteiger partial charge in [0.25, 0.3) is 0 Å². The zero-order valence-corrected chi connectivity index (χ0v) is 15.9. The highest BCUT2D eigenvalue weighted by molar-refractivity contribution is 5.98. The molecular formula is C22H20F6O2. The molecule has 1 atom stereocenters. The smallest absolute Gasteiger partial charge is 0.388 e. The van der Waals surface area contributed by atoms with Gasteiger partial charge < -0.3 is 5.11 Å². The van der Waals surface area contributed by atoms with E-state index in [0.29, 0.717) is 44.1 Å². The third-order valence-corrected chi connectivity index (χ3v) is 5.39. The van der Waals surface area contributed by atoms with Crippen LogP contribution in [0.15, 0.2) is 36.4 Å². The van der Waals surface area contributed by atoms with Crippen LogP contribution in [0.1, 0.15) is 70.0 Å². The van der Waals surface area contributed by atoms with Gasteiger partial charge in [-0.05, 0) is 60.9 Å². The number of carbonyl (C=O) groups excluding carboxylic acids is 1. The van der Waals surface area contributed by atoms with Crippen molar-refractivity contribution < 1.29 is 36.2 Å². The molecule has 2 aromatic carbocycles. The number of rotatable bonds is 0. The van der Waals surface area contributed by atoms with Gasteiger partial charge >= 0.3 is 12.4 Å². The second-order valence-corrected chi connectivity index (χ2v) is 7.39. The fourth-order valence-corrected chi connectivity index (χ4v) is 4.03. The molecule has 1 unspecified atom stereocenters. The average molecular weight is 430 g/mol. The highest BCUT2D eigenvalue weighted by Crippen LogP contribution is 2.39. The molecule has 2 aliphatic carbocycles. The Labute approximate surface area is 169 Å². The van der Waals surface area contributed by atoms with E-state index in [4.69, 9.17) is 0 Å². The van der Waals surface area contributed by atoms with Crippen LogP contribution < -0.4 is 0 Å². The second kappa shape index (κ2) is 8.41. The summed E-state index contributed by atoms with van der Waals surface area (Å²) in [5, 5.41) is 9.58. The molecule has 0 aromatic heterocycles. The number of carbonyl (C=O) groups is 1. The molecule has 1 N–H and O–H groups in total. The molecule has 0 heterocycles. The van der Waals surface area contributed by atoms with E-state index < -0.39 is 29.6 Å². The van der Waals surface area contributed by atoms with Crippen molar-refractivity contribution in [1.82, 2.24) is 0 Å². The Kier molecular flexibility index (Phi) is 6.26. The number of benzene rings is 2. The second-order valence-electron chi connectivity index (χ2n) is 7.39. The van der Waals surface area contributed by atoms with E-state index >= 15 is 0 Å². The molecule has 0 amide bonds. The molecule has 4 rings (SSSR count). The monoisotopic (exact) mass is 430 g/mol. The summed E-state index contributed by atoms with van der Waals surface area (Å²) in [6.45, 7) is 0. The summed E-state index contributed by atoms with van der Waals surface area (Å²) in [5.74, 6) is -0.178. The van der Waals surface area contributed by atoms with Crippen molar-refractivity contribution in [2.45, 2.75) is 57.0 Å². The minimum absolute atomic E-state index is 0.168. The van der Waals surface area contributed by atoms with Crippen molar-refractivity contribution in [1.29, 1.82) is 0 Å². The standard InChI is InChI=1S/C11H11F3O.C11H9F3O/c2*12-11(13,14)9-5-1-4-8-7(9)3-2-6-10(8)15/h1,4-5,10,15H,2-3,6H2;1,4-5H,2-3,6H2. The molecule has 0 aliphatic heterocycles. The zero-order chi connectivity index (χ0) is 22.1. The Morgan fingerprint density at radius 3 is 1.97 bits per heavy atom. The Morgan fingerprint density at radius 1 is 0.767 bits per heavy atom. The highest BCUT2D eigenvalue weighted by atomic mass is 19.4. The van der Waals surface area contributed by atoms with Crippen LogP contribution in [0.2, 0.25) is 0 Å². The molecule has 0 bridgehead atoms. The first-order chi connectivity index (χ1) is 14.0. The average Bonchev–Trinajstić information content (AvgIpc) is 2.67. The lowest BCUT2D eigenvalue weighted by molar-refractivity contribution is -0.139. The van der Waals surface area contributed by atoms with E-state index in [-0.39, 0.29) is 22.5 Å². The predicted molar refractivity (Wildman–Crippen MR) is 98.1 cm³/mol. The Morgan fingerprint density at radius 2 is 1.33 bits per heavy atom. The minimum Gasteiger partial charge on any atom is -0.388 e. The third-order valence-electron chi connectivity index (χ3n) is 5.39. The number of aliphatic hydroxyl groups is 1. The van der Waals surface area contributed by atoms with Crippen molar-refractivity contribution in [3.8, 4) is 0 Å². The fourth-order valence-electron chi connectivity index (χ4n) is 4.03. The number of alkyl halides is 6. The lowest BCUT2D eigenvalue weighted by atomic mass is 9.86. The Bertz CT molecular complexity index is 930. The quantitative estimate of drug-likeness (QED) is 0.498. The lowest BCUT2D eigenvalue weighted by Gasteiger charge is -2.24. The van der Waals surface area contributed by atoms with Gasteiger partial charge in [0, 0.05) is 12.0 Å². The number of halogens is 6. The predicted octanol–water partition coefficient (Wildman–Crippen LogP) is 6.30. The first-order valence-corrected chi connectivity index (χ1v) is 9.59. The first-order valence-electron chi connectivity index (χ1n) is 9.59. The summed E-state index contributed by atoms with van der Waals surface area (Å²) < 4.78 is 75.6. The SMILES string of the molecule is O=C1CCCc2c1cccc2C(F)(F)F.OC1CCCc2c1cccc2C(F)(F)F.